The molecule has 1 atom stereocenters. The molecule has 0 aliphatic rings. The first-order chi connectivity index (χ1) is 4.87. The van der Waals surface area contributed by atoms with Crippen LogP contribution in [0, 0.1) is 0 Å². The van der Waals surface area contributed by atoms with E-state index in [0.717, 1.165) is 0 Å². The number of alkyl halides is 1. The van der Waals surface area contributed by atoms with Gasteiger partial charge in [-0.05, 0) is 20.8 Å². The summed E-state index contributed by atoms with van der Waals surface area (Å²) < 4.78 is 17.2. The third-order valence-electron chi connectivity index (χ3n) is 0.869. The zero-order chi connectivity index (χ0) is 9.07. The number of hydrogen-bond donors (Lipinski definition) is 1. The Morgan fingerprint density at radius 3 is 2.36 bits per heavy atom. The second-order valence-electron chi connectivity index (χ2n) is 3.24. The van der Waals surface area contributed by atoms with Crippen LogP contribution in [0.4, 0.5) is 4.39 Å². The summed E-state index contributed by atoms with van der Waals surface area (Å²) in [5, 5.41) is 0. The molecule has 0 saturated carbocycles. The summed E-state index contributed by atoms with van der Waals surface area (Å²) in [4.78, 5) is 10.7. The van der Waals surface area contributed by atoms with Crippen LogP contribution in [0.1, 0.15) is 20.8 Å². The van der Waals surface area contributed by atoms with E-state index in [1.807, 2.05) is 0 Å². The number of halogens is 1. The zero-order valence-electron chi connectivity index (χ0n) is 7.06. The first kappa shape index (κ1) is 10.4. The molecule has 0 aliphatic heterocycles. The summed E-state index contributed by atoms with van der Waals surface area (Å²) in [6.45, 7) is 4.70. The maximum absolute atomic E-state index is 12.5. The molecule has 0 aromatic carbocycles. The lowest BCUT2D eigenvalue weighted by molar-refractivity contribution is -0.160. The van der Waals surface area contributed by atoms with Gasteiger partial charge in [0, 0.05) is 6.54 Å². The molecule has 3 nitrogen and oxygen atoms in total. The highest BCUT2D eigenvalue weighted by Gasteiger charge is 2.23. The van der Waals surface area contributed by atoms with Crippen molar-refractivity contribution in [2.24, 2.45) is 5.73 Å². The smallest absolute Gasteiger partial charge is 0.342 e. The van der Waals surface area contributed by atoms with Crippen molar-refractivity contribution < 1.29 is 13.9 Å². The second-order valence-corrected chi connectivity index (χ2v) is 3.24. The first-order valence-electron chi connectivity index (χ1n) is 3.44. The number of hydrogen-bond acceptors (Lipinski definition) is 3. The van der Waals surface area contributed by atoms with Crippen LogP contribution in [0.15, 0.2) is 0 Å². The van der Waals surface area contributed by atoms with Crippen molar-refractivity contribution in [2.45, 2.75) is 32.5 Å². The van der Waals surface area contributed by atoms with Crippen molar-refractivity contribution in [3.8, 4) is 0 Å². The van der Waals surface area contributed by atoms with Gasteiger partial charge in [0.05, 0.1) is 0 Å². The van der Waals surface area contributed by atoms with E-state index in [0.29, 0.717) is 0 Å². The minimum atomic E-state index is -1.70. The fourth-order valence-electron chi connectivity index (χ4n) is 0.462. The van der Waals surface area contributed by atoms with Crippen molar-refractivity contribution in [3.63, 3.8) is 0 Å². The van der Waals surface area contributed by atoms with Gasteiger partial charge in [-0.25, -0.2) is 9.18 Å². The average Bonchev–Trinajstić information content (AvgIpc) is 1.82. The summed E-state index contributed by atoms with van der Waals surface area (Å²) in [6.07, 6.45) is -1.70. The van der Waals surface area contributed by atoms with Crippen LogP contribution in [-0.2, 0) is 9.53 Å². The summed E-state index contributed by atoms with van der Waals surface area (Å²) in [6, 6.07) is 0. The zero-order valence-corrected chi connectivity index (χ0v) is 7.06. The third-order valence-corrected chi connectivity index (χ3v) is 0.869. The molecule has 0 rings (SSSR count). The predicted octanol–water partition coefficient (Wildman–Crippen LogP) is 0.625. The monoisotopic (exact) mass is 163 g/mol. The van der Waals surface area contributed by atoms with Gasteiger partial charge in [0.15, 0.2) is 0 Å². The SMILES string of the molecule is CC(C)(C)OC(=O)[C@H](F)CN. The highest BCUT2D eigenvalue weighted by Crippen LogP contribution is 2.08. The molecule has 4 heteroatoms. The fraction of sp³-hybridized carbons (Fsp3) is 0.857. The molecule has 66 valence electrons. The topological polar surface area (TPSA) is 52.3 Å². The Balaban J connectivity index is 3.88. The van der Waals surface area contributed by atoms with E-state index in [1.165, 1.54) is 0 Å². The molecule has 0 heterocycles. The molecule has 0 bridgehead atoms. The predicted molar refractivity (Wildman–Crippen MR) is 39.8 cm³/mol. The van der Waals surface area contributed by atoms with Gasteiger partial charge in [0.2, 0.25) is 6.17 Å². The minimum absolute atomic E-state index is 0.324. The van der Waals surface area contributed by atoms with Crippen LogP contribution in [0.25, 0.3) is 0 Å². The molecule has 0 unspecified atom stereocenters. The molecule has 0 spiro atoms. The van der Waals surface area contributed by atoms with Crippen LogP contribution in [0.3, 0.4) is 0 Å². The van der Waals surface area contributed by atoms with E-state index in [4.69, 9.17) is 10.5 Å². The number of ether oxygens (including phenoxy) is 1. The van der Waals surface area contributed by atoms with Gasteiger partial charge in [-0.2, -0.15) is 0 Å². The Morgan fingerprint density at radius 2 is 2.09 bits per heavy atom. The highest BCUT2D eigenvalue weighted by molar-refractivity contribution is 5.75. The minimum Gasteiger partial charge on any atom is -0.458 e. The second kappa shape index (κ2) is 3.67. The van der Waals surface area contributed by atoms with E-state index in [-0.39, 0.29) is 6.54 Å². The molecule has 0 aromatic rings. The molecule has 0 radical (unpaired) electrons. The van der Waals surface area contributed by atoms with Crippen molar-refractivity contribution in [1.29, 1.82) is 0 Å². The summed E-state index contributed by atoms with van der Waals surface area (Å²) >= 11 is 0. The standard InChI is InChI=1S/C7H14FNO2/c1-7(2,3)11-6(10)5(8)4-9/h5H,4,9H2,1-3H3/t5-/m1/s1. The fourth-order valence-corrected chi connectivity index (χ4v) is 0.462. The van der Waals surface area contributed by atoms with Crippen LogP contribution in [0.5, 0.6) is 0 Å². The Bertz CT molecular complexity index is 142. The van der Waals surface area contributed by atoms with Crippen LogP contribution in [0.2, 0.25) is 0 Å². The molecular weight excluding hydrogens is 149 g/mol. The molecular formula is C7H14FNO2. The maximum atomic E-state index is 12.5. The number of carbonyl (C=O) groups excluding carboxylic acids is 1. The van der Waals surface area contributed by atoms with E-state index in [9.17, 15) is 9.18 Å². The average molecular weight is 163 g/mol. The molecule has 0 aliphatic carbocycles. The molecule has 0 fully saturated rings. The van der Waals surface area contributed by atoms with Gasteiger partial charge >= 0.3 is 5.97 Å². The van der Waals surface area contributed by atoms with Gasteiger partial charge in [-0.15, -0.1) is 0 Å². The first-order valence-corrected chi connectivity index (χ1v) is 3.44. The van der Waals surface area contributed by atoms with E-state index < -0.39 is 17.7 Å². The largest absolute Gasteiger partial charge is 0.458 e. The van der Waals surface area contributed by atoms with Crippen LogP contribution >= 0.6 is 0 Å². The normalized spacial score (nSPS) is 14.3. The van der Waals surface area contributed by atoms with Crippen molar-refractivity contribution in [1.82, 2.24) is 0 Å². The lowest BCUT2D eigenvalue weighted by atomic mass is 10.2. The molecule has 0 amide bonds. The number of esters is 1. The van der Waals surface area contributed by atoms with Crippen LogP contribution < -0.4 is 5.73 Å². The molecule has 0 aromatic heterocycles. The van der Waals surface area contributed by atoms with E-state index in [2.05, 4.69) is 0 Å². The van der Waals surface area contributed by atoms with Crippen molar-refractivity contribution in [2.75, 3.05) is 6.54 Å². The highest BCUT2D eigenvalue weighted by atomic mass is 19.1. The lowest BCUT2D eigenvalue weighted by Gasteiger charge is -2.20. The summed E-state index contributed by atoms with van der Waals surface area (Å²) in [7, 11) is 0. The number of rotatable bonds is 2. The Kier molecular flexibility index (Phi) is 3.45. The third kappa shape index (κ3) is 4.72. The lowest BCUT2D eigenvalue weighted by Crippen LogP contribution is -2.33. The molecule has 2 N–H and O–H groups in total. The Morgan fingerprint density at radius 1 is 1.64 bits per heavy atom. The van der Waals surface area contributed by atoms with Crippen molar-refractivity contribution in [3.05, 3.63) is 0 Å². The van der Waals surface area contributed by atoms with Gasteiger partial charge in [-0.1, -0.05) is 0 Å². The summed E-state index contributed by atoms with van der Waals surface area (Å²) in [5.41, 5.74) is 4.27. The molecule has 11 heavy (non-hydrogen) atoms. The van der Waals surface area contributed by atoms with Gasteiger partial charge in [0.25, 0.3) is 0 Å². The van der Waals surface area contributed by atoms with Gasteiger partial charge in [-0.3, -0.25) is 0 Å². The summed E-state index contributed by atoms with van der Waals surface area (Å²) in [5.74, 6) is -0.889. The van der Waals surface area contributed by atoms with Crippen LogP contribution in [-0.4, -0.2) is 24.3 Å². The van der Waals surface area contributed by atoms with Gasteiger partial charge < -0.3 is 10.5 Å². The van der Waals surface area contributed by atoms with Gasteiger partial charge in [0.1, 0.15) is 5.60 Å². The number of carbonyl (C=O) groups is 1. The quantitative estimate of drug-likeness (QED) is 0.607. The Hall–Kier alpha value is -0.640. The van der Waals surface area contributed by atoms with E-state index >= 15 is 0 Å². The molecule has 0 saturated heterocycles. The number of nitrogens with two attached hydrogens (primary N) is 1. The maximum Gasteiger partial charge on any atom is 0.342 e. The van der Waals surface area contributed by atoms with E-state index in [1.54, 1.807) is 20.8 Å². The van der Waals surface area contributed by atoms with Crippen molar-refractivity contribution >= 4 is 5.97 Å². The Labute approximate surface area is 65.7 Å².